The molecule has 3 N–H and O–H groups in total. The van der Waals surface area contributed by atoms with Crippen LogP contribution in [-0.2, 0) is 0 Å². The van der Waals surface area contributed by atoms with Crippen LogP contribution in [0.1, 0.15) is 30.9 Å². The molecule has 1 aliphatic rings. The van der Waals surface area contributed by atoms with E-state index in [1.165, 1.54) is 24.9 Å². The number of aliphatic hydroxyl groups is 1. The number of hydrogen-bond donors (Lipinski definition) is 2. The number of benzene rings is 1. The molecule has 0 bridgehead atoms. The summed E-state index contributed by atoms with van der Waals surface area (Å²) in [6.07, 6.45) is 3.83. The van der Waals surface area contributed by atoms with Crippen molar-refractivity contribution in [2.75, 3.05) is 24.6 Å². The van der Waals surface area contributed by atoms with Crippen LogP contribution in [0.3, 0.4) is 0 Å². The largest absolute Gasteiger partial charge is 0.394 e. The second kappa shape index (κ2) is 5.32. The summed E-state index contributed by atoms with van der Waals surface area (Å²) >= 11 is 0. The molecule has 1 heterocycles. The van der Waals surface area contributed by atoms with E-state index in [2.05, 4.69) is 11.0 Å². The van der Waals surface area contributed by atoms with E-state index in [0.717, 1.165) is 18.7 Å². The molecular weight excluding hydrogens is 200 g/mol. The highest BCUT2D eigenvalue weighted by molar-refractivity contribution is 5.55. The van der Waals surface area contributed by atoms with Gasteiger partial charge in [0.05, 0.1) is 12.6 Å². The van der Waals surface area contributed by atoms with Crippen molar-refractivity contribution in [1.29, 1.82) is 0 Å². The molecule has 1 aromatic carbocycles. The van der Waals surface area contributed by atoms with E-state index in [1.54, 1.807) is 0 Å². The van der Waals surface area contributed by atoms with Gasteiger partial charge in [-0.1, -0.05) is 18.2 Å². The van der Waals surface area contributed by atoms with Crippen molar-refractivity contribution in [3.8, 4) is 0 Å². The molecule has 0 unspecified atom stereocenters. The van der Waals surface area contributed by atoms with E-state index in [4.69, 9.17) is 10.8 Å². The smallest absolute Gasteiger partial charge is 0.0625 e. The number of para-hydroxylation sites is 1. The Bertz CT molecular complexity index is 334. The zero-order valence-corrected chi connectivity index (χ0v) is 9.60. The summed E-state index contributed by atoms with van der Waals surface area (Å²) in [5, 5.41) is 9.17. The predicted octanol–water partition coefficient (Wildman–Crippen LogP) is 1.67. The molecule has 0 amide bonds. The highest BCUT2D eigenvalue weighted by Crippen LogP contribution is 2.27. The Morgan fingerprint density at radius 2 is 1.88 bits per heavy atom. The molecule has 1 aliphatic heterocycles. The third-order valence-electron chi connectivity index (χ3n) is 3.23. The van der Waals surface area contributed by atoms with Crippen molar-refractivity contribution in [3.63, 3.8) is 0 Å². The van der Waals surface area contributed by atoms with Gasteiger partial charge in [-0.05, 0) is 30.9 Å². The van der Waals surface area contributed by atoms with E-state index in [-0.39, 0.29) is 12.6 Å². The number of aliphatic hydroxyl groups excluding tert-OH is 1. The first-order valence-electron chi connectivity index (χ1n) is 6.03. The fourth-order valence-corrected chi connectivity index (χ4v) is 2.32. The van der Waals surface area contributed by atoms with Crippen LogP contribution in [0.5, 0.6) is 0 Å². The normalized spacial score (nSPS) is 18.5. The number of nitrogens with zero attached hydrogens (tertiary/aromatic N) is 1. The molecule has 0 spiro atoms. The molecule has 16 heavy (non-hydrogen) atoms. The lowest BCUT2D eigenvalue weighted by atomic mass is 10.0. The number of rotatable bonds is 3. The molecule has 1 fully saturated rings. The van der Waals surface area contributed by atoms with Gasteiger partial charge < -0.3 is 15.7 Å². The van der Waals surface area contributed by atoms with Gasteiger partial charge in [-0.25, -0.2) is 0 Å². The van der Waals surface area contributed by atoms with Gasteiger partial charge in [0, 0.05) is 18.8 Å². The van der Waals surface area contributed by atoms with Gasteiger partial charge >= 0.3 is 0 Å². The first-order valence-corrected chi connectivity index (χ1v) is 6.03. The Hall–Kier alpha value is -1.06. The summed E-state index contributed by atoms with van der Waals surface area (Å²) in [7, 11) is 0. The van der Waals surface area contributed by atoms with Crippen molar-refractivity contribution in [2.45, 2.75) is 25.3 Å². The highest BCUT2D eigenvalue weighted by atomic mass is 16.3. The number of piperidine rings is 1. The van der Waals surface area contributed by atoms with Gasteiger partial charge in [-0.3, -0.25) is 0 Å². The molecule has 0 aliphatic carbocycles. The van der Waals surface area contributed by atoms with E-state index in [1.807, 2.05) is 18.2 Å². The van der Waals surface area contributed by atoms with Crippen LogP contribution >= 0.6 is 0 Å². The molecule has 0 radical (unpaired) electrons. The van der Waals surface area contributed by atoms with Crippen molar-refractivity contribution in [2.24, 2.45) is 5.73 Å². The summed E-state index contributed by atoms with van der Waals surface area (Å²) in [5.41, 5.74) is 8.18. The fourth-order valence-electron chi connectivity index (χ4n) is 2.32. The van der Waals surface area contributed by atoms with Gasteiger partial charge in [0.2, 0.25) is 0 Å². The highest BCUT2D eigenvalue weighted by Gasteiger charge is 2.16. The first kappa shape index (κ1) is 11.4. The molecule has 3 heteroatoms. The number of anilines is 1. The van der Waals surface area contributed by atoms with E-state index < -0.39 is 0 Å². The second-order valence-corrected chi connectivity index (χ2v) is 4.40. The Kier molecular flexibility index (Phi) is 3.80. The zero-order chi connectivity index (χ0) is 11.4. The average molecular weight is 220 g/mol. The molecule has 1 saturated heterocycles. The maximum Gasteiger partial charge on any atom is 0.0625 e. The number of nitrogens with two attached hydrogens (primary N) is 1. The maximum absolute atomic E-state index is 9.17. The van der Waals surface area contributed by atoms with Crippen LogP contribution in [0.15, 0.2) is 24.3 Å². The number of hydrogen-bond acceptors (Lipinski definition) is 3. The minimum Gasteiger partial charge on any atom is -0.394 e. The van der Waals surface area contributed by atoms with Crippen LogP contribution < -0.4 is 10.6 Å². The van der Waals surface area contributed by atoms with Crippen molar-refractivity contribution in [3.05, 3.63) is 29.8 Å². The lowest BCUT2D eigenvalue weighted by molar-refractivity contribution is 0.268. The van der Waals surface area contributed by atoms with Crippen LogP contribution in [0, 0.1) is 0 Å². The molecular formula is C13H20N2O. The minimum absolute atomic E-state index is 0.00481. The van der Waals surface area contributed by atoms with Crippen LogP contribution in [-0.4, -0.2) is 24.8 Å². The fraction of sp³-hybridized carbons (Fsp3) is 0.538. The lowest BCUT2D eigenvalue weighted by Gasteiger charge is -2.31. The van der Waals surface area contributed by atoms with Crippen LogP contribution in [0.4, 0.5) is 5.69 Å². The lowest BCUT2D eigenvalue weighted by Crippen LogP contribution is -2.31. The van der Waals surface area contributed by atoms with Crippen LogP contribution in [0.2, 0.25) is 0 Å². The Balaban J connectivity index is 2.24. The van der Waals surface area contributed by atoms with Gasteiger partial charge in [-0.2, -0.15) is 0 Å². The van der Waals surface area contributed by atoms with Crippen molar-refractivity contribution in [1.82, 2.24) is 0 Å². The SMILES string of the molecule is N[C@@H](CO)c1ccccc1N1CCCCC1. The Morgan fingerprint density at radius 3 is 2.56 bits per heavy atom. The topological polar surface area (TPSA) is 49.5 Å². The molecule has 0 aromatic heterocycles. The quantitative estimate of drug-likeness (QED) is 0.814. The molecule has 88 valence electrons. The minimum atomic E-state index is -0.266. The van der Waals surface area contributed by atoms with E-state index in [9.17, 15) is 0 Å². The summed E-state index contributed by atoms with van der Waals surface area (Å²) in [6, 6.07) is 7.88. The van der Waals surface area contributed by atoms with E-state index >= 15 is 0 Å². The molecule has 2 rings (SSSR count). The van der Waals surface area contributed by atoms with Gasteiger partial charge in [0.1, 0.15) is 0 Å². The molecule has 0 saturated carbocycles. The third kappa shape index (κ3) is 2.36. The van der Waals surface area contributed by atoms with Crippen molar-refractivity contribution >= 4 is 5.69 Å². The Labute approximate surface area is 96.9 Å². The maximum atomic E-state index is 9.17. The van der Waals surface area contributed by atoms with Gasteiger partial charge in [0.15, 0.2) is 0 Å². The summed E-state index contributed by atoms with van der Waals surface area (Å²) < 4.78 is 0. The zero-order valence-electron chi connectivity index (χ0n) is 9.60. The monoisotopic (exact) mass is 220 g/mol. The van der Waals surface area contributed by atoms with Gasteiger partial charge in [-0.15, -0.1) is 0 Å². The second-order valence-electron chi connectivity index (χ2n) is 4.40. The van der Waals surface area contributed by atoms with E-state index in [0.29, 0.717) is 0 Å². The summed E-state index contributed by atoms with van der Waals surface area (Å²) in [6.45, 7) is 2.22. The summed E-state index contributed by atoms with van der Waals surface area (Å²) in [5.74, 6) is 0. The predicted molar refractivity (Wildman–Crippen MR) is 66.5 cm³/mol. The van der Waals surface area contributed by atoms with Crippen molar-refractivity contribution < 1.29 is 5.11 Å². The first-order chi connectivity index (χ1) is 7.83. The average Bonchev–Trinajstić information content (AvgIpc) is 2.39. The molecule has 3 nitrogen and oxygen atoms in total. The standard InChI is InChI=1S/C13H20N2O/c14-12(10-16)11-6-2-3-7-13(11)15-8-4-1-5-9-15/h2-3,6-7,12,16H,1,4-5,8-10,14H2/t12-/m0/s1. The Morgan fingerprint density at radius 1 is 1.19 bits per heavy atom. The van der Waals surface area contributed by atoms with Gasteiger partial charge in [0.25, 0.3) is 0 Å². The summed E-state index contributed by atoms with van der Waals surface area (Å²) in [4.78, 5) is 2.38. The van der Waals surface area contributed by atoms with Crippen LogP contribution in [0.25, 0.3) is 0 Å². The molecule has 1 atom stereocenters. The molecule has 1 aromatic rings. The third-order valence-corrected chi connectivity index (χ3v) is 3.23.